The topological polar surface area (TPSA) is 71.7 Å². The first-order valence-electron chi connectivity index (χ1n) is 8.85. The maximum atomic E-state index is 12.3. The Bertz CT molecular complexity index is 741. The van der Waals surface area contributed by atoms with Gasteiger partial charge in [-0.25, -0.2) is 0 Å². The van der Waals surface area contributed by atoms with Crippen molar-refractivity contribution in [3.05, 3.63) is 30.2 Å². The number of piperazine rings is 1. The van der Waals surface area contributed by atoms with Gasteiger partial charge < -0.3 is 14.2 Å². The Morgan fingerprint density at radius 3 is 2.38 bits per heavy atom. The molecule has 140 valence electrons. The zero-order valence-electron chi connectivity index (χ0n) is 15.9. The first kappa shape index (κ1) is 18.4. The third-order valence-electron chi connectivity index (χ3n) is 4.48. The van der Waals surface area contributed by atoms with Crippen LogP contribution in [0.2, 0.25) is 0 Å². The van der Waals surface area contributed by atoms with Crippen molar-refractivity contribution in [2.45, 2.75) is 27.3 Å². The molecule has 0 atom stereocenters. The van der Waals surface area contributed by atoms with Gasteiger partial charge in [0.15, 0.2) is 0 Å². The van der Waals surface area contributed by atoms with Gasteiger partial charge in [-0.3, -0.25) is 9.69 Å². The van der Waals surface area contributed by atoms with Crippen LogP contribution in [0.25, 0.3) is 11.4 Å². The van der Waals surface area contributed by atoms with E-state index in [1.807, 2.05) is 49.9 Å². The molecule has 7 nitrogen and oxygen atoms in total. The van der Waals surface area contributed by atoms with Crippen LogP contribution in [0.15, 0.2) is 28.8 Å². The number of benzene rings is 1. The molecular formula is C19H26N4O3. The van der Waals surface area contributed by atoms with Crippen LogP contribution in [0.1, 0.15) is 26.7 Å². The van der Waals surface area contributed by atoms with Crippen LogP contribution in [0, 0.1) is 5.41 Å². The molecule has 2 heterocycles. The van der Waals surface area contributed by atoms with Crippen LogP contribution >= 0.6 is 0 Å². The van der Waals surface area contributed by atoms with E-state index in [0.717, 1.165) is 37.5 Å². The average Bonchev–Trinajstić information content (AvgIpc) is 3.09. The van der Waals surface area contributed by atoms with Gasteiger partial charge in [-0.2, -0.15) is 4.98 Å². The van der Waals surface area contributed by atoms with E-state index in [0.29, 0.717) is 18.3 Å². The number of nitrogens with zero attached hydrogens (tertiary/aromatic N) is 4. The van der Waals surface area contributed by atoms with Crippen molar-refractivity contribution in [1.29, 1.82) is 0 Å². The van der Waals surface area contributed by atoms with Crippen LogP contribution in [0.3, 0.4) is 0 Å². The van der Waals surface area contributed by atoms with Crippen molar-refractivity contribution in [3.63, 3.8) is 0 Å². The molecule has 1 aromatic heterocycles. The van der Waals surface area contributed by atoms with Crippen molar-refractivity contribution < 1.29 is 14.1 Å². The Morgan fingerprint density at radius 2 is 1.81 bits per heavy atom. The number of amides is 1. The first-order chi connectivity index (χ1) is 12.4. The molecule has 1 aromatic carbocycles. The lowest BCUT2D eigenvalue weighted by molar-refractivity contribution is -0.141. The smallest absolute Gasteiger partial charge is 0.241 e. The Balaban J connectivity index is 1.56. The number of hydrogen-bond donors (Lipinski definition) is 0. The molecule has 1 amide bonds. The number of ether oxygens (including phenoxy) is 1. The van der Waals surface area contributed by atoms with Crippen LogP contribution < -0.4 is 4.74 Å². The standard InChI is InChI=1S/C19H26N4O3/c1-19(2,3)18(24)23-11-9-22(10-12-23)13-16-20-17(21-26-16)14-5-7-15(25-4)8-6-14/h5-8H,9-13H2,1-4H3. The molecule has 0 spiro atoms. The molecular weight excluding hydrogens is 332 g/mol. The highest BCUT2D eigenvalue weighted by Gasteiger charge is 2.30. The molecule has 2 aromatic rings. The molecule has 1 aliphatic rings. The van der Waals surface area contributed by atoms with Gasteiger partial charge >= 0.3 is 0 Å². The van der Waals surface area contributed by atoms with Gasteiger partial charge in [0.1, 0.15) is 5.75 Å². The second-order valence-corrected chi connectivity index (χ2v) is 7.56. The molecule has 1 aliphatic heterocycles. The Kier molecular flexibility index (Phi) is 5.27. The maximum Gasteiger partial charge on any atom is 0.241 e. The molecule has 1 fully saturated rings. The predicted molar refractivity (Wildman–Crippen MR) is 97.6 cm³/mol. The van der Waals surface area contributed by atoms with Crippen molar-refractivity contribution in [2.24, 2.45) is 5.41 Å². The van der Waals surface area contributed by atoms with E-state index in [-0.39, 0.29) is 11.3 Å². The lowest BCUT2D eigenvalue weighted by Crippen LogP contribution is -2.51. The summed E-state index contributed by atoms with van der Waals surface area (Å²) in [6.07, 6.45) is 0. The monoisotopic (exact) mass is 358 g/mol. The minimum atomic E-state index is -0.331. The minimum absolute atomic E-state index is 0.205. The van der Waals surface area contributed by atoms with Crippen LogP contribution in [0.4, 0.5) is 0 Å². The largest absolute Gasteiger partial charge is 0.497 e. The molecule has 0 bridgehead atoms. The second kappa shape index (κ2) is 7.45. The van der Waals surface area contributed by atoms with Gasteiger partial charge in [0.2, 0.25) is 17.6 Å². The lowest BCUT2D eigenvalue weighted by Gasteiger charge is -2.37. The number of aromatic nitrogens is 2. The second-order valence-electron chi connectivity index (χ2n) is 7.56. The molecule has 26 heavy (non-hydrogen) atoms. The average molecular weight is 358 g/mol. The van der Waals surface area contributed by atoms with Gasteiger partial charge in [0, 0.05) is 37.2 Å². The molecule has 1 saturated heterocycles. The SMILES string of the molecule is COc1ccc(-c2noc(CN3CCN(C(=O)C(C)(C)C)CC3)n2)cc1. The van der Waals surface area contributed by atoms with Gasteiger partial charge in [0.05, 0.1) is 13.7 Å². The summed E-state index contributed by atoms with van der Waals surface area (Å²) >= 11 is 0. The van der Waals surface area contributed by atoms with Crippen LogP contribution in [0.5, 0.6) is 5.75 Å². The van der Waals surface area contributed by atoms with Crippen molar-refractivity contribution >= 4 is 5.91 Å². The quantitative estimate of drug-likeness (QED) is 0.836. The number of hydrogen-bond acceptors (Lipinski definition) is 6. The molecule has 0 radical (unpaired) electrons. The van der Waals surface area contributed by atoms with E-state index >= 15 is 0 Å². The minimum Gasteiger partial charge on any atom is -0.497 e. The summed E-state index contributed by atoms with van der Waals surface area (Å²) in [5, 5.41) is 4.06. The highest BCUT2D eigenvalue weighted by molar-refractivity contribution is 5.81. The summed E-state index contributed by atoms with van der Waals surface area (Å²) in [5.74, 6) is 2.16. The zero-order valence-corrected chi connectivity index (χ0v) is 15.9. The van der Waals surface area contributed by atoms with Gasteiger partial charge in [0.25, 0.3) is 0 Å². The summed E-state index contributed by atoms with van der Waals surface area (Å²) in [6, 6.07) is 7.56. The van der Waals surface area contributed by atoms with Crippen molar-refractivity contribution in [1.82, 2.24) is 19.9 Å². The summed E-state index contributed by atoms with van der Waals surface area (Å²) in [4.78, 5) is 21.0. The van der Waals surface area contributed by atoms with Gasteiger partial charge in [-0.15, -0.1) is 0 Å². The van der Waals surface area contributed by atoms with E-state index in [1.165, 1.54) is 0 Å². The van der Waals surface area contributed by atoms with Crippen molar-refractivity contribution in [3.8, 4) is 17.1 Å². The number of carbonyl (C=O) groups is 1. The van der Waals surface area contributed by atoms with E-state index in [4.69, 9.17) is 9.26 Å². The Hall–Kier alpha value is -2.41. The van der Waals surface area contributed by atoms with E-state index in [2.05, 4.69) is 15.0 Å². The van der Waals surface area contributed by atoms with E-state index < -0.39 is 0 Å². The molecule has 3 rings (SSSR count). The fourth-order valence-electron chi connectivity index (χ4n) is 2.95. The fraction of sp³-hybridized carbons (Fsp3) is 0.526. The van der Waals surface area contributed by atoms with Crippen LogP contribution in [-0.2, 0) is 11.3 Å². The Labute approximate surface area is 153 Å². The summed E-state index contributed by atoms with van der Waals surface area (Å²) in [7, 11) is 1.64. The number of carbonyl (C=O) groups excluding carboxylic acids is 1. The van der Waals surface area contributed by atoms with E-state index in [9.17, 15) is 4.79 Å². The number of rotatable bonds is 4. The normalized spacial score (nSPS) is 15.9. The zero-order chi connectivity index (χ0) is 18.7. The number of methoxy groups -OCH3 is 1. The highest BCUT2D eigenvalue weighted by atomic mass is 16.5. The van der Waals surface area contributed by atoms with Gasteiger partial charge in [-0.05, 0) is 24.3 Å². The predicted octanol–water partition coefficient (Wildman–Crippen LogP) is 2.44. The summed E-state index contributed by atoms with van der Waals surface area (Å²) < 4.78 is 10.6. The highest BCUT2D eigenvalue weighted by Crippen LogP contribution is 2.21. The summed E-state index contributed by atoms with van der Waals surface area (Å²) in [5.41, 5.74) is 0.559. The van der Waals surface area contributed by atoms with Crippen LogP contribution in [-0.4, -0.2) is 59.1 Å². The third-order valence-corrected chi connectivity index (χ3v) is 4.48. The Morgan fingerprint density at radius 1 is 1.15 bits per heavy atom. The fourth-order valence-corrected chi connectivity index (χ4v) is 2.95. The van der Waals surface area contributed by atoms with E-state index in [1.54, 1.807) is 7.11 Å². The third kappa shape index (κ3) is 4.22. The van der Waals surface area contributed by atoms with Gasteiger partial charge in [-0.1, -0.05) is 25.9 Å². The molecule has 0 unspecified atom stereocenters. The maximum absolute atomic E-state index is 12.3. The van der Waals surface area contributed by atoms with Crippen molar-refractivity contribution in [2.75, 3.05) is 33.3 Å². The molecule has 0 N–H and O–H groups in total. The first-order valence-corrected chi connectivity index (χ1v) is 8.85. The summed E-state index contributed by atoms with van der Waals surface area (Å²) in [6.45, 7) is 9.55. The molecule has 0 aliphatic carbocycles. The molecule has 0 saturated carbocycles. The molecule has 7 heteroatoms. The lowest BCUT2D eigenvalue weighted by atomic mass is 9.94.